The van der Waals surface area contributed by atoms with Crippen LogP contribution in [-0.4, -0.2) is 24.1 Å². The van der Waals surface area contributed by atoms with E-state index in [1.54, 1.807) is 42.5 Å². The molecule has 0 saturated heterocycles. The summed E-state index contributed by atoms with van der Waals surface area (Å²) in [6, 6.07) is 16.4. The highest BCUT2D eigenvalue weighted by atomic mass is 32.2. The standard InChI is InChI=1S/C17H16N4O3S/c18-17(22)16(13-7-3-1-4-8-13)20-25(23,24)15-11-19-21(12-15)14-9-5-2-6-10-14/h1-12,16,20H,(H2,18,22)/t16-/m1/s1. The van der Waals surface area contributed by atoms with Crippen molar-refractivity contribution in [1.29, 1.82) is 0 Å². The molecule has 0 aliphatic rings. The van der Waals surface area contributed by atoms with Crippen molar-refractivity contribution in [2.75, 3.05) is 0 Å². The molecule has 0 radical (unpaired) electrons. The maximum Gasteiger partial charge on any atom is 0.244 e. The second-order valence-electron chi connectivity index (χ2n) is 5.32. The zero-order valence-electron chi connectivity index (χ0n) is 13.1. The molecule has 2 aromatic carbocycles. The Bertz CT molecular complexity index is 969. The van der Waals surface area contributed by atoms with E-state index in [9.17, 15) is 13.2 Å². The first-order valence-corrected chi connectivity index (χ1v) is 8.92. The fourth-order valence-corrected chi connectivity index (χ4v) is 3.45. The van der Waals surface area contributed by atoms with Gasteiger partial charge in [0, 0.05) is 0 Å². The van der Waals surface area contributed by atoms with Crippen LogP contribution in [0.2, 0.25) is 0 Å². The van der Waals surface area contributed by atoms with E-state index in [-0.39, 0.29) is 4.90 Å². The largest absolute Gasteiger partial charge is 0.368 e. The van der Waals surface area contributed by atoms with Crippen LogP contribution in [0.5, 0.6) is 0 Å². The fourth-order valence-electron chi connectivity index (χ4n) is 2.33. The summed E-state index contributed by atoms with van der Waals surface area (Å²) in [6.45, 7) is 0. The number of para-hydroxylation sites is 1. The number of benzene rings is 2. The highest BCUT2D eigenvalue weighted by molar-refractivity contribution is 7.89. The molecule has 3 rings (SSSR count). The lowest BCUT2D eigenvalue weighted by molar-refractivity contribution is -0.119. The molecule has 8 heteroatoms. The number of hydrogen-bond acceptors (Lipinski definition) is 4. The molecule has 7 nitrogen and oxygen atoms in total. The van der Waals surface area contributed by atoms with E-state index in [0.29, 0.717) is 5.56 Å². The van der Waals surface area contributed by atoms with E-state index in [2.05, 4.69) is 9.82 Å². The Morgan fingerprint density at radius 1 is 1.04 bits per heavy atom. The third-order valence-electron chi connectivity index (χ3n) is 3.58. The number of nitrogens with one attached hydrogen (secondary N) is 1. The van der Waals surface area contributed by atoms with Crippen molar-refractivity contribution in [3.05, 3.63) is 78.6 Å². The van der Waals surface area contributed by atoms with Gasteiger partial charge < -0.3 is 5.73 Å². The summed E-state index contributed by atoms with van der Waals surface area (Å²) in [4.78, 5) is 11.7. The normalized spacial score (nSPS) is 12.6. The monoisotopic (exact) mass is 356 g/mol. The van der Waals surface area contributed by atoms with Gasteiger partial charge in [0.15, 0.2) is 0 Å². The van der Waals surface area contributed by atoms with Gasteiger partial charge in [0.1, 0.15) is 10.9 Å². The first-order valence-electron chi connectivity index (χ1n) is 7.44. The molecule has 25 heavy (non-hydrogen) atoms. The lowest BCUT2D eigenvalue weighted by Gasteiger charge is -2.15. The number of nitrogens with two attached hydrogens (primary N) is 1. The second kappa shape index (κ2) is 6.88. The number of carbonyl (C=O) groups is 1. The van der Waals surface area contributed by atoms with Crippen molar-refractivity contribution in [2.24, 2.45) is 5.73 Å². The highest BCUT2D eigenvalue weighted by Crippen LogP contribution is 2.18. The maximum absolute atomic E-state index is 12.6. The SMILES string of the molecule is NC(=O)[C@H](NS(=O)(=O)c1cnn(-c2ccccc2)c1)c1ccccc1. The van der Waals surface area contributed by atoms with E-state index >= 15 is 0 Å². The van der Waals surface area contributed by atoms with Gasteiger partial charge >= 0.3 is 0 Å². The minimum Gasteiger partial charge on any atom is -0.368 e. The van der Waals surface area contributed by atoms with Crippen LogP contribution in [0.15, 0.2) is 78.0 Å². The van der Waals surface area contributed by atoms with Crippen LogP contribution in [0.25, 0.3) is 5.69 Å². The zero-order valence-corrected chi connectivity index (χ0v) is 13.9. The number of sulfonamides is 1. The van der Waals surface area contributed by atoms with E-state index in [0.717, 1.165) is 5.69 Å². The number of aromatic nitrogens is 2. The van der Waals surface area contributed by atoms with E-state index in [1.165, 1.54) is 17.1 Å². The van der Waals surface area contributed by atoms with Gasteiger partial charge in [0.25, 0.3) is 0 Å². The van der Waals surface area contributed by atoms with Crippen molar-refractivity contribution in [3.63, 3.8) is 0 Å². The van der Waals surface area contributed by atoms with Crippen LogP contribution < -0.4 is 10.5 Å². The van der Waals surface area contributed by atoms with Crippen molar-refractivity contribution in [3.8, 4) is 5.69 Å². The van der Waals surface area contributed by atoms with Crippen LogP contribution in [-0.2, 0) is 14.8 Å². The average Bonchev–Trinajstić information content (AvgIpc) is 3.12. The second-order valence-corrected chi connectivity index (χ2v) is 7.04. The van der Waals surface area contributed by atoms with Gasteiger partial charge in [0.2, 0.25) is 15.9 Å². The predicted octanol–water partition coefficient (Wildman–Crippen LogP) is 1.38. The van der Waals surface area contributed by atoms with Crippen molar-refractivity contribution in [1.82, 2.24) is 14.5 Å². The molecular formula is C17H16N4O3S. The molecule has 1 aromatic heterocycles. The van der Waals surface area contributed by atoms with Crippen molar-refractivity contribution >= 4 is 15.9 Å². The lowest BCUT2D eigenvalue weighted by Crippen LogP contribution is -2.37. The van der Waals surface area contributed by atoms with E-state index in [4.69, 9.17) is 5.73 Å². The van der Waals surface area contributed by atoms with Crippen LogP contribution in [0, 0.1) is 0 Å². The third kappa shape index (κ3) is 3.76. The van der Waals surface area contributed by atoms with Gasteiger partial charge in [-0.05, 0) is 17.7 Å². The molecule has 1 amide bonds. The Hall–Kier alpha value is -2.97. The van der Waals surface area contributed by atoms with Crippen LogP contribution in [0.4, 0.5) is 0 Å². The molecule has 0 unspecified atom stereocenters. The molecule has 1 heterocycles. The Balaban J connectivity index is 1.89. The topological polar surface area (TPSA) is 107 Å². The quantitative estimate of drug-likeness (QED) is 0.695. The number of rotatable bonds is 6. The molecule has 0 aliphatic carbocycles. The molecule has 3 aromatic rings. The summed E-state index contributed by atoms with van der Waals surface area (Å²) < 4.78 is 29.0. The van der Waals surface area contributed by atoms with Gasteiger partial charge in [0.05, 0.1) is 18.1 Å². The fraction of sp³-hybridized carbons (Fsp3) is 0.0588. The summed E-state index contributed by atoms with van der Waals surface area (Å²) in [6.07, 6.45) is 2.60. The smallest absolute Gasteiger partial charge is 0.244 e. The van der Waals surface area contributed by atoms with E-state index < -0.39 is 22.0 Å². The first-order chi connectivity index (χ1) is 12.0. The predicted molar refractivity (Wildman–Crippen MR) is 92.3 cm³/mol. The van der Waals surface area contributed by atoms with Crippen LogP contribution in [0.3, 0.4) is 0 Å². The Labute approximate surface area is 145 Å². The first kappa shape index (κ1) is 16.9. The van der Waals surface area contributed by atoms with Gasteiger partial charge in [-0.25, -0.2) is 13.1 Å². The van der Waals surface area contributed by atoms with Gasteiger partial charge in [-0.2, -0.15) is 9.82 Å². The molecular weight excluding hydrogens is 340 g/mol. The molecule has 0 aliphatic heterocycles. The molecule has 1 atom stereocenters. The third-order valence-corrected chi connectivity index (χ3v) is 4.96. The van der Waals surface area contributed by atoms with Crippen molar-refractivity contribution in [2.45, 2.75) is 10.9 Å². The molecule has 0 bridgehead atoms. The molecule has 3 N–H and O–H groups in total. The summed E-state index contributed by atoms with van der Waals surface area (Å²) in [5.41, 5.74) is 6.55. The van der Waals surface area contributed by atoms with Crippen LogP contribution in [0.1, 0.15) is 11.6 Å². The Morgan fingerprint density at radius 2 is 1.64 bits per heavy atom. The summed E-state index contributed by atoms with van der Waals surface area (Å²) in [5, 5.41) is 4.06. The molecule has 0 saturated carbocycles. The minimum absolute atomic E-state index is 0.0569. The Morgan fingerprint density at radius 3 is 2.24 bits per heavy atom. The summed E-state index contributed by atoms with van der Waals surface area (Å²) >= 11 is 0. The van der Waals surface area contributed by atoms with Gasteiger partial charge in [-0.15, -0.1) is 0 Å². The number of hydrogen-bond donors (Lipinski definition) is 2. The zero-order chi connectivity index (χ0) is 17.9. The number of primary amides is 1. The lowest BCUT2D eigenvalue weighted by atomic mass is 10.1. The van der Waals surface area contributed by atoms with Crippen molar-refractivity contribution < 1.29 is 13.2 Å². The summed E-state index contributed by atoms with van der Waals surface area (Å²) in [5.74, 6) is -0.787. The number of amides is 1. The summed E-state index contributed by atoms with van der Waals surface area (Å²) in [7, 11) is -3.97. The molecule has 0 fully saturated rings. The van der Waals surface area contributed by atoms with Gasteiger partial charge in [-0.1, -0.05) is 48.5 Å². The molecule has 128 valence electrons. The highest BCUT2D eigenvalue weighted by Gasteiger charge is 2.26. The van der Waals surface area contributed by atoms with Gasteiger partial charge in [-0.3, -0.25) is 4.79 Å². The number of carbonyl (C=O) groups excluding carboxylic acids is 1. The number of nitrogens with zero attached hydrogens (tertiary/aromatic N) is 2. The maximum atomic E-state index is 12.6. The Kier molecular flexibility index (Phi) is 4.64. The molecule has 0 spiro atoms. The minimum atomic E-state index is -3.97. The van der Waals surface area contributed by atoms with Crippen LogP contribution >= 0.6 is 0 Å². The van der Waals surface area contributed by atoms with E-state index in [1.807, 2.05) is 18.2 Å². The average molecular weight is 356 g/mol.